The molecule has 1 heterocycles. The number of amides is 1. The summed E-state index contributed by atoms with van der Waals surface area (Å²) in [5.41, 5.74) is 0. The molecule has 2 N–H and O–H groups in total. The predicted molar refractivity (Wildman–Crippen MR) is 49.5 cm³/mol. The van der Waals surface area contributed by atoms with Crippen LogP contribution in [0.1, 0.15) is 13.3 Å². The molecule has 0 aromatic heterocycles. The molecule has 0 aliphatic carbocycles. The average Bonchev–Trinajstić information content (AvgIpc) is 2.27. The lowest BCUT2D eigenvalue weighted by Gasteiger charge is -2.17. The Morgan fingerprint density at radius 1 is 1.40 bits per heavy atom. The summed E-state index contributed by atoms with van der Waals surface area (Å²) in [5.74, 6) is -3.17. The summed E-state index contributed by atoms with van der Waals surface area (Å²) in [6.07, 6.45) is -1.05. The number of Topliss-reactive ketones (excluding diaryl/α,β-unsaturated/α-hetero) is 1. The molecule has 0 aromatic carbocycles. The molecular formula is C9H13NO5. The van der Waals surface area contributed by atoms with Crippen molar-refractivity contribution in [3.63, 3.8) is 0 Å². The maximum absolute atomic E-state index is 11.6. The Balaban J connectivity index is 2.81. The maximum Gasteiger partial charge on any atom is 0.407 e. The van der Waals surface area contributed by atoms with Crippen LogP contribution in [0.25, 0.3) is 0 Å². The Kier molecular flexibility index (Phi) is 3.28. The van der Waals surface area contributed by atoms with E-state index in [-0.39, 0.29) is 25.3 Å². The third-order valence-electron chi connectivity index (χ3n) is 2.58. The van der Waals surface area contributed by atoms with Crippen LogP contribution in [0.4, 0.5) is 4.79 Å². The van der Waals surface area contributed by atoms with Crippen LogP contribution in [0.15, 0.2) is 0 Å². The van der Waals surface area contributed by atoms with Gasteiger partial charge >= 0.3 is 12.1 Å². The van der Waals surface area contributed by atoms with Crippen LogP contribution in [-0.2, 0) is 9.59 Å². The first-order valence-corrected chi connectivity index (χ1v) is 4.68. The molecule has 0 aromatic rings. The van der Waals surface area contributed by atoms with Crippen LogP contribution in [0.5, 0.6) is 0 Å². The molecule has 2 atom stereocenters. The fraction of sp³-hybridized carbons (Fsp3) is 0.667. The summed E-state index contributed by atoms with van der Waals surface area (Å²) >= 11 is 0. The minimum Gasteiger partial charge on any atom is -0.481 e. The highest BCUT2D eigenvalue weighted by Gasteiger charge is 2.35. The quantitative estimate of drug-likeness (QED) is 0.612. The summed E-state index contributed by atoms with van der Waals surface area (Å²) in [7, 11) is 0. The van der Waals surface area contributed by atoms with Crippen molar-refractivity contribution in [3.8, 4) is 0 Å². The molecule has 6 heteroatoms. The first kappa shape index (κ1) is 11.5. The molecule has 1 rings (SSSR count). The number of carbonyl (C=O) groups is 3. The van der Waals surface area contributed by atoms with Crippen molar-refractivity contribution in [2.45, 2.75) is 13.3 Å². The standard InChI is InChI=1S/C9H13NO5/c1-5-4-10(9(14)15)3-2-6(7(5)11)8(12)13/h5-6H,2-4H2,1H3,(H,12,13)(H,14,15). The van der Waals surface area contributed by atoms with Gasteiger partial charge in [-0.3, -0.25) is 9.59 Å². The monoisotopic (exact) mass is 215 g/mol. The highest BCUT2D eigenvalue weighted by atomic mass is 16.4. The van der Waals surface area contributed by atoms with Gasteiger partial charge in [0.15, 0.2) is 5.78 Å². The van der Waals surface area contributed by atoms with Crippen LogP contribution in [0.2, 0.25) is 0 Å². The molecule has 84 valence electrons. The Morgan fingerprint density at radius 3 is 2.47 bits per heavy atom. The number of rotatable bonds is 1. The third kappa shape index (κ3) is 2.45. The van der Waals surface area contributed by atoms with Gasteiger partial charge in [-0.1, -0.05) is 6.92 Å². The normalized spacial score (nSPS) is 27.3. The van der Waals surface area contributed by atoms with Gasteiger partial charge in [-0.25, -0.2) is 4.79 Å². The second-order valence-corrected chi connectivity index (χ2v) is 3.71. The van der Waals surface area contributed by atoms with Crippen LogP contribution in [0, 0.1) is 11.8 Å². The maximum atomic E-state index is 11.6. The Bertz CT molecular complexity index is 301. The lowest BCUT2D eigenvalue weighted by molar-refractivity contribution is -0.147. The van der Waals surface area contributed by atoms with Gasteiger partial charge < -0.3 is 15.1 Å². The van der Waals surface area contributed by atoms with Crippen molar-refractivity contribution in [1.82, 2.24) is 4.90 Å². The second-order valence-electron chi connectivity index (χ2n) is 3.71. The largest absolute Gasteiger partial charge is 0.481 e. The van der Waals surface area contributed by atoms with Crippen LogP contribution < -0.4 is 0 Å². The van der Waals surface area contributed by atoms with Crippen LogP contribution >= 0.6 is 0 Å². The van der Waals surface area contributed by atoms with Crippen molar-refractivity contribution >= 4 is 17.8 Å². The highest BCUT2D eigenvalue weighted by Crippen LogP contribution is 2.18. The molecule has 2 unspecified atom stereocenters. The fourth-order valence-corrected chi connectivity index (χ4v) is 1.70. The summed E-state index contributed by atoms with van der Waals surface area (Å²) < 4.78 is 0. The van der Waals surface area contributed by atoms with Gasteiger partial charge in [-0.15, -0.1) is 0 Å². The smallest absolute Gasteiger partial charge is 0.407 e. The van der Waals surface area contributed by atoms with E-state index in [0.717, 1.165) is 4.90 Å². The van der Waals surface area contributed by atoms with Crippen LogP contribution in [0.3, 0.4) is 0 Å². The number of aliphatic carboxylic acids is 1. The number of likely N-dealkylation sites (tertiary alicyclic amines) is 1. The third-order valence-corrected chi connectivity index (χ3v) is 2.58. The van der Waals surface area contributed by atoms with E-state index in [1.54, 1.807) is 6.92 Å². The predicted octanol–water partition coefficient (Wildman–Crippen LogP) is 0.276. The number of hydrogen-bond acceptors (Lipinski definition) is 3. The molecule has 1 amide bonds. The van der Waals surface area contributed by atoms with Gasteiger partial charge in [0.2, 0.25) is 0 Å². The summed E-state index contributed by atoms with van der Waals surface area (Å²) in [4.78, 5) is 34.1. The van der Waals surface area contributed by atoms with Gasteiger partial charge in [0.05, 0.1) is 0 Å². The molecule has 1 fully saturated rings. The number of ketones is 1. The first-order chi connectivity index (χ1) is 6.93. The van der Waals surface area contributed by atoms with Gasteiger partial charge in [-0.05, 0) is 6.42 Å². The zero-order valence-corrected chi connectivity index (χ0v) is 8.34. The Hall–Kier alpha value is -1.59. The zero-order chi connectivity index (χ0) is 11.6. The minimum atomic E-state index is -1.17. The second kappa shape index (κ2) is 4.29. The molecule has 1 saturated heterocycles. The van der Waals surface area contributed by atoms with Gasteiger partial charge in [-0.2, -0.15) is 0 Å². The van der Waals surface area contributed by atoms with E-state index < -0.39 is 23.9 Å². The van der Waals surface area contributed by atoms with E-state index in [1.165, 1.54) is 0 Å². The van der Waals surface area contributed by atoms with E-state index in [1.807, 2.05) is 0 Å². The fourth-order valence-electron chi connectivity index (χ4n) is 1.70. The summed E-state index contributed by atoms with van der Waals surface area (Å²) in [6, 6.07) is 0. The van der Waals surface area contributed by atoms with Crippen molar-refractivity contribution < 1.29 is 24.6 Å². The van der Waals surface area contributed by atoms with Gasteiger partial charge in [0, 0.05) is 19.0 Å². The minimum absolute atomic E-state index is 0.0603. The van der Waals surface area contributed by atoms with Gasteiger partial charge in [0.1, 0.15) is 5.92 Å². The number of hydrogen-bond donors (Lipinski definition) is 2. The summed E-state index contributed by atoms with van der Waals surface area (Å²) in [5, 5.41) is 17.5. The van der Waals surface area contributed by atoms with Crippen molar-refractivity contribution in [2.75, 3.05) is 13.1 Å². The molecule has 0 saturated carbocycles. The SMILES string of the molecule is CC1CN(C(=O)O)CCC(C(=O)O)C1=O. The number of carboxylic acids is 1. The molecular weight excluding hydrogens is 202 g/mol. The molecule has 0 spiro atoms. The van der Waals surface area contributed by atoms with E-state index in [4.69, 9.17) is 10.2 Å². The number of nitrogens with zero attached hydrogens (tertiary/aromatic N) is 1. The van der Waals surface area contributed by atoms with E-state index in [9.17, 15) is 14.4 Å². The van der Waals surface area contributed by atoms with E-state index in [0.29, 0.717) is 0 Å². The Labute approximate surface area is 86.5 Å². The zero-order valence-electron chi connectivity index (χ0n) is 8.34. The lowest BCUT2D eigenvalue weighted by Crippen LogP contribution is -2.33. The van der Waals surface area contributed by atoms with E-state index in [2.05, 4.69) is 0 Å². The molecule has 15 heavy (non-hydrogen) atoms. The number of carbonyl (C=O) groups excluding carboxylic acids is 1. The molecule has 1 aliphatic heterocycles. The van der Waals surface area contributed by atoms with Crippen molar-refractivity contribution in [2.24, 2.45) is 11.8 Å². The van der Waals surface area contributed by atoms with Crippen molar-refractivity contribution in [1.29, 1.82) is 0 Å². The van der Waals surface area contributed by atoms with Crippen molar-refractivity contribution in [3.05, 3.63) is 0 Å². The molecule has 0 bridgehead atoms. The molecule has 6 nitrogen and oxygen atoms in total. The number of carboxylic acid groups (broad SMARTS) is 2. The first-order valence-electron chi connectivity index (χ1n) is 4.68. The highest BCUT2D eigenvalue weighted by molar-refractivity contribution is 5.99. The molecule has 1 aliphatic rings. The topological polar surface area (TPSA) is 94.9 Å². The summed E-state index contributed by atoms with van der Waals surface area (Å²) in [6.45, 7) is 1.74. The Morgan fingerprint density at radius 2 is 2.00 bits per heavy atom. The van der Waals surface area contributed by atoms with Gasteiger partial charge in [0.25, 0.3) is 0 Å². The van der Waals surface area contributed by atoms with E-state index >= 15 is 0 Å². The van der Waals surface area contributed by atoms with Crippen LogP contribution in [-0.4, -0.2) is 46.0 Å². The lowest BCUT2D eigenvalue weighted by atomic mass is 9.93. The molecule has 0 radical (unpaired) electrons. The average molecular weight is 215 g/mol.